The van der Waals surface area contributed by atoms with E-state index in [9.17, 15) is 0 Å². The molecule has 1 aliphatic rings. The highest BCUT2D eigenvalue weighted by Crippen LogP contribution is 2.53. The molecule has 0 aromatic heterocycles. The third-order valence-corrected chi connectivity index (χ3v) is 3.86. The van der Waals surface area contributed by atoms with Gasteiger partial charge in [0.25, 0.3) is 0 Å². The molecular formula is C13H10S2. The minimum absolute atomic E-state index is 0.451. The van der Waals surface area contributed by atoms with Crippen LogP contribution in [0.4, 0.5) is 0 Å². The van der Waals surface area contributed by atoms with Crippen molar-refractivity contribution in [2.75, 3.05) is 0 Å². The van der Waals surface area contributed by atoms with Crippen LogP contribution in [-0.4, -0.2) is 0 Å². The fraction of sp³-hybridized carbons (Fsp3) is 0.0769. The summed E-state index contributed by atoms with van der Waals surface area (Å²) in [5.74, 6) is 0. The monoisotopic (exact) mass is 230 g/mol. The summed E-state index contributed by atoms with van der Waals surface area (Å²) in [6, 6.07) is 16.6. The van der Waals surface area contributed by atoms with E-state index in [-0.39, 0.29) is 0 Å². The lowest BCUT2D eigenvalue weighted by Crippen LogP contribution is -2.07. The summed E-state index contributed by atoms with van der Waals surface area (Å²) >= 11 is 9.34. The SMILES string of the molecule is SC1(S)c2ccccc2-c2ccccc21. The lowest BCUT2D eigenvalue weighted by molar-refractivity contribution is 1.15. The molecule has 0 radical (unpaired) electrons. The molecule has 0 spiro atoms. The van der Waals surface area contributed by atoms with Crippen LogP contribution in [0.15, 0.2) is 48.5 Å². The molecule has 0 bridgehead atoms. The normalized spacial score (nSPS) is 15.9. The van der Waals surface area contributed by atoms with Crippen molar-refractivity contribution < 1.29 is 0 Å². The van der Waals surface area contributed by atoms with Crippen molar-refractivity contribution in [3.8, 4) is 11.1 Å². The average Bonchev–Trinajstić information content (AvgIpc) is 2.51. The number of hydrogen-bond acceptors (Lipinski definition) is 2. The van der Waals surface area contributed by atoms with Gasteiger partial charge in [0.05, 0.1) is 0 Å². The van der Waals surface area contributed by atoms with E-state index in [1.54, 1.807) is 0 Å². The molecule has 0 N–H and O–H groups in total. The summed E-state index contributed by atoms with van der Waals surface area (Å²) in [4.78, 5) is 0. The maximum absolute atomic E-state index is 4.67. The third-order valence-electron chi connectivity index (χ3n) is 2.90. The van der Waals surface area contributed by atoms with Gasteiger partial charge in [-0.2, -0.15) is 25.3 Å². The van der Waals surface area contributed by atoms with E-state index >= 15 is 0 Å². The van der Waals surface area contributed by atoms with Gasteiger partial charge in [-0.25, -0.2) is 0 Å². The fourth-order valence-corrected chi connectivity index (χ4v) is 2.97. The molecule has 0 atom stereocenters. The van der Waals surface area contributed by atoms with Gasteiger partial charge in [0.1, 0.15) is 4.08 Å². The molecule has 0 unspecified atom stereocenters. The van der Waals surface area contributed by atoms with Crippen LogP contribution >= 0.6 is 25.3 Å². The molecule has 2 heteroatoms. The summed E-state index contributed by atoms with van der Waals surface area (Å²) in [5.41, 5.74) is 4.85. The summed E-state index contributed by atoms with van der Waals surface area (Å²) in [6.07, 6.45) is 0. The predicted octanol–water partition coefficient (Wildman–Crippen LogP) is 3.73. The zero-order valence-electron chi connectivity index (χ0n) is 8.01. The van der Waals surface area contributed by atoms with Gasteiger partial charge in [-0.3, -0.25) is 0 Å². The van der Waals surface area contributed by atoms with Crippen molar-refractivity contribution in [3.63, 3.8) is 0 Å². The number of fused-ring (bicyclic) bond motifs is 3. The highest BCUT2D eigenvalue weighted by molar-refractivity contribution is 8.00. The highest BCUT2D eigenvalue weighted by Gasteiger charge is 2.36. The van der Waals surface area contributed by atoms with Crippen molar-refractivity contribution >= 4 is 25.3 Å². The van der Waals surface area contributed by atoms with Crippen LogP contribution in [0.3, 0.4) is 0 Å². The average molecular weight is 230 g/mol. The van der Waals surface area contributed by atoms with E-state index in [0.717, 1.165) is 0 Å². The minimum atomic E-state index is -0.451. The zero-order valence-corrected chi connectivity index (χ0v) is 9.80. The second-order valence-corrected chi connectivity index (χ2v) is 5.46. The predicted molar refractivity (Wildman–Crippen MR) is 70.6 cm³/mol. The van der Waals surface area contributed by atoms with Crippen LogP contribution in [-0.2, 0) is 4.08 Å². The second kappa shape index (κ2) is 3.06. The summed E-state index contributed by atoms with van der Waals surface area (Å²) < 4.78 is -0.451. The van der Waals surface area contributed by atoms with Crippen molar-refractivity contribution in [2.24, 2.45) is 0 Å². The Hall–Kier alpha value is -0.860. The Bertz CT molecular complexity index is 482. The van der Waals surface area contributed by atoms with Gasteiger partial charge < -0.3 is 0 Å². The smallest absolute Gasteiger partial charge is 0.107 e. The molecule has 0 amide bonds. The van der Waals surface area contributed by atoms with Gasteiger partial charge >= 0.3 is 0 Å². The number of rotatable bonds is 0. The Morgan fingerprint density at radius 3 is 1.53 bits per heavy atom. The molecule has 2 aromatic rings. The first-order valence-corrected chi connectivity index (χ1v) is 5.75. The Kier molecular flexibility index (Phi) is 1.91. The molecule has 1 aliphatic carbocycles. The number of thiol groups is 2. The summed E-state index contributed by atoms with van der Waals surface area (Å²) in [5, 5.41) is 0. The zero-order chi connectivity index (χ0) is 10.5. The summed E-state index contributed by atoms with van der Waals surface area (Å²) in [6.45, 7) is 0. The maximum atomic E-state index is 4.67. The van der Waals surface area contributed by atoms with E-state index in [1.807, 2.05) is 12.1 Å². The fourth-order valence-electron chi connectivity index (χ4n) is 2.19. The Morgan fingerprint density at radius 2 is 1.07 bits per heavy atom. The van der Waals surface area contributed by atoms with Gasteiger partial charge in [0.15, 0.2) is 0 Å². The number of hydrogen-bond donors (Lipinski definition) is 2. The molecule has 0 aliphatic heterocycles. The first-order chi connectivity index (χ1) is 7.21. The van der Waals surface area contributed by atoms with Crippen LogP contribution in [0, 0.1) is 0 Å². The van der Waals surface area contributed by atoms with Crippen molar-refractivity contribution in [2.45, 2.75) is 4.08 Å². The van der Waals surface area contributed by atoms with Crippen LogP contribution in [0.25, 0.3) is 11.1 Å². The van der Waals surface area contributed by atoms with E-state index in [4.69, 9.17) is 0 Å². The molecule has 74 valence electrons. The summed E-state index contributed by atoms with van der Waals surface area (Å²) in [7, 11) is 0. The maximum Gasteiger partial charge on any atom is 0.107 e. The molecular weight excluding hydrogens is 220 g/mol. The van der Waals surface area contributed by atoms with Crippen LogP contribution in [0.5, 0.6) is 0 Å². The first kappa shape index (κ1) is 9.37. The molecule has 0 saturated carbocycles. The molecule has 2 aromatic carbocycles. The van der Waals surface area contributed by atoms with E-state index in [2.05, 4.69) is 61.7 Å². The van der Waals surface area contributed by atoms with Gasteiger partial charge in [-0.15, -0.1) is 0 Å². The van der Waals surface area contributed by atoms with Crippen LogP contribution in [0.2, 0.25) is 0 Å². The van der Waals surface area contributed by atoms with Gasteiger partial charge in [0.2, 0.25) is 0 Å². The van der Waals surface area contributed by atoms with Crippen LogP contribution in [0.1, 0.15) is 11.1 Å². The Balaban J connectivity index is 2.42. The van der Waals surface area contributed by atoms with Crippen molar-refractivity contribution in [1.82, 2.24) is 0 Å². The third kappa shape index (κ3) is 1.18. The molecule has 3 rings (SSSR count). The molecule has 0 heterocycles. The Labute approximate surface area is 100 Å². The minimum Gasteiger partial charge on any atom is -0.152 e. The van der Waals surface area contributed by atoms with Crippen molar-refractivity contribution in [3.05, 3.63) is 59.7 Å². The van der Waals surface area contributed by atoms with E-state index < -0.39 is 4.08 Å². The Morgan fingerprint density at radius 1 is 0.667 bits per heavy atom. The quantitative estimate of drug-likeness (QED) is 0.500. The second-order valence-electron chi connectivity index (χ2n) is 3.76. The first-order valence-electron chi connectivity index (χ1n) is 4.85. The lowest BCUT2D eigenvalue weighted by Gasteiger charge is -2.18. The van der Waals surface area contributed by atoms with Gasteiger partial charge in [-0.05, 0) is 22.3 Å². The van der Waals surface area contributed by atoms with Crippen LogP contribution < -0.4 is 0 Å². The molecule has 15 heavy (non-hydrogen) atoms. The lowest BCUT2D eigenvalue weighted by atomic mass is 10.1. The van der Waals surface area contributed by atoms with Crippen molar-refractivity contribution in [1.29, 1.82) is 0 Å². The largest absolute Gasteiger partial charge is 0.152 e. The molecule has 0 nitrogen and oxygen atoms in total. The van der Waals surface area contributed by atoms with E-state index in [1.165, 1.54) is 22.3 Å². The van der Waals surface area contributed by atoms with Gasteiger partial charge in [-0.1, -0.05) is 48.5 Å². The topological polar surface area (TPSA) is 0 Å². The number of benzene rings is 2. The molecule has 0 fully saturated rings. The standard InChI is InChI=1S/C13H10S2/c14-13(15)11-7-3-1-5-9(11)10-6-2-4-8-12(10)13/h1-8,14-15H. The van der Waals surface area contributed by atoms with E-state index in [0.29, 0.717) is 0 Å². The highest BCUT2D eigenvalue weighted by atomic mass is 32.2. The molecule has 0 saturated heterocycles. The van der Waals surface area contributed by atoms with Gasteiger partial charge in [0, 0.05) is 0 Å².